The lowest BCUT2D eigenvalue weighted by Crippen LogP contribution is -2.04. The Balaban J connectivity index is 2.39. The first-order valence-corrected chi connectivity index (χ1v) is 7.61. The van der Waals surface area contributed by atoms with Gasteiger partial charge in [0.05, 0.1) is 10.0 Å². The molecule has 0 radical (unpaired) electrons. The molecule has 6 heteroatoms. The highest BCUT2D eigenvalue weighted by Crippen LogP contribution is 2.34. The second-order valence-corrected chi connectivity index (χ2v) is 6.43. The summed E-state index contributed by atoms with van der Waals surface area (Å²) in [6.07, 6.45) is 0. The minimum atomic E-state index is -2.27. The highest BCUT2D eigenvalue weighted by molar-refractivity contribution is 7.71. The molecule has 2 aromatic rings. The van der Waals surface area contributed by atoms with Crippen LogP contribution in [0.3, 0.4) is 0 Å². The fourth-order valence-electron chi connectivity index (χ4n) is 1.50. The maximum Gasteiger partial charge on any atom is 0.458 e. The van der Waals surface area contributed by atoms with Crippen LogP contribution in [0.4, 0.5) is 0 Å². The van der Waals surface area contributed by atoms with E-state index in [1.165, 1.54) is 12.1 Å². The van der Waals surface area contributed by atoms with Crippen molar-refractivity contribution in [2.24, 2.45) is 0 Å². The quantitative estimate of drug-likeness (QED) is 0.746. The molecular formula is C13H7Cl3O2P+. The van der Waals surface area contributed by atoms with Crippen molar-refractivity contribution in [3.8, 4) is 0 Å². The third kappa shape index (κ3) is 3.16. The van der Waals surface area contributed by atoms with Gasteiger partial charge in [-0.2, -0.15) is 0 Å². The van der Waals surface area contributed by atoms with E-state index >= 15 is 0 Å². The molecule has 1 atom stereocenters. The highest BCUT2D eigenvalue weighted by atomic mass is 35.5. The number of halogens is 3. The highest BCUT2D eigenvalue weighted by Gasteiger charge is 2.35. The van der Waals surface area contributed by atoms with Gasteiger partial charge in [-0.15, -0.1) is 0 Å². The van der Waals surface area contributed by atoms with E-state index in [0.717, 1.165) is 0 Å². The van der Waals surface area contributed by atoms with E-state index in [1.807, 2.05) is 0 Å². The predicted molar refractivity (Wildman–Crippen MR) is 79.5 cm³/mol. The molecule has 0 spiro atoms. The normalized spacial score (nSPS) is 11.2. The second kappa shape index (κ2) is 6.02. The molecule has 0 amide bonds. The van der Waals surface area contributed by atoms with Crippen LogP contribution in [0, 0.1) is 0 Å². The van der Waals surface area contributed by atoms with Crippen molar-refractivity contribution >= 4 is 53.4 Å². The second-order valence-electron chi connectivity index (χ2n) is 3.67. The molecule has 0 aliphatic carbocycles. The SMILES string of the molecule is O=C(c1c(Cl)cccc1Cl)[P+](=O)c1ccc(Cl)cc1. The first-order valence-electron chi connectivity index (χ1n) is 5.22. The predicted octanol–water partition coefficient (Wildman–Crippen LogP) is 4.94. The summed E-state index contributed by atoms with van der Waals surface area (Å²) in [5.41, 5.74) is -0.505. The van der Waals surface area contributed by atoms with Crippen LogP contribution < -0.4 is 5.30 Å². The first kappa shape index (κ1) is 14.5. The van der Waals surface area contributed by atoms with Crippen molar-refractivity contribution in [1.82, 2.24) is 0 Å². The zero-order valence-corrected chi connectivity index (χ0v) is 12.6. The molecule has 0 aromatic heterocycles. The Morgan fingerprint density at radius 1 is 0.895 bits per heavy atom. The zero-order chi connectivity index (χ0) is 14.0. The molecule has 0 heterocycles. The summed E-state index contributed by atoms with van der Waals surface area (Å²) in [5.74, 6) is 0. The lowest BCUT2D eigenvalue weighted by atomic mass is 10.2. The van der Waals surface area contributed by atoms with Gasteiger partial charge in [0.25, 0.3) is 0 Å². The summed E-state index contributed by atoms with van der Waals surface area (Å²) < 4.78 is 12.2. The third-order valence-corrected chi connectivity index (χ3v) is 4.66. The molecule has 0 N–H and O–H groups in total. The Bertz CT molecular complexity index is 633. The van der Waals surface area contributed by atoms with Gasteiger partial charge in [-0.3, -0.25) is 0 Å². The van der Waals surface area contributed by atoms with Crippen LogP contribution in [0.15, 0.2) is 42.5 Å². The van der Waals surface area contributed by atoms with E-state index in [4.69, 9.17) is 34.8 Å². The van der Waals surface area contributed by atoms with Crippen molar-refractivity contribution in [3.63, 3.8) is 0 Å². The Kier molecular flexibility index (Phi) is 4.59. The van der Waals surface area contributed by atoms with E-state index in [9.17, 15) is 9.36 Å². The minimum Gasteiger partial charge on any atom is -0.234 e. The van der Waals surface area contributed by atoms with Gasteiger partial charge in [0.15, 0.2) is 5.30 Å². The average Bonchev–Trinajstić information content (AvgIpc) is 2.38. The maximum absolute atomic E-state index is 12.2. The van der Waals surface area contributed by atoms with Crippen molar-refractivity contribution in [2.45, 2.75) is 0 Å². The summed E-state index contributed by atoms with van der Waals surface area (Å²) in [6, 6.07) is 10.9. The Morgan fingerprint density at radius 2 is 1.42 bits per heavy atom. The van der Waals surface area contributed by atoms with Crippen LogP contribution in [0.5, 0.6) is 0 Å². The molecule has 0 aliphatic heterocycles. The monoisotopic (exact) mass is 331 g/mol. The zero-order valence-electron chi connectivity index (χ0n) is 9.44. The molecular weight excluding hydrogens is 325 g/mol. The molecule has 96 valence electrons. The molecule has 2 rings (SSSR count). The standard InChI is InChI=1S/C13H7Cl3O2P/c14-8-4-6-9(7-5-8)19(18)13(17)12-10(15)2-1-3-11(12)16/h1-7H/q+1. The van der Waals surface area contributed by atoms with Gasteiger partial charge in [-0.05, 0) is 36.4 Å². The first-order chi connectivity index (χ1) is 9.00. The van der Waals surface area contributed by atoms with Gasteiger partial charge >= 0.3 is 13.3 Å². The van der Waals surface area contributed by atoms with Gasteiger partial charge < -0.3 is 0 Å². The van der Waals surface area contributed by atoms with Gasteiger partial charge in [-0.1, -0.05) is 45.4 Å². The Hall–Kier alpha value is -0.920. The molecule has 0 aliphatic rings. The molecule has 0 saturated heterocycles. The van der Waals surface area contributed by atoms with Gasteiger partial charge in [0.2, 0.25) is 0 Å². The lowest BCUT2D eigenvalue weighted by molar-refractivity contribution is 0.108. The van der Waals surface area contributed by atoms with Crippen LogP contribution in [0.25, 0.3) is 0 Å². The number of hydrogen-bond donors (Lipinski definition) is 0. The topological polar surface area (TPSA) is 34.1 Å². The van der Waals surface area contributed by atoms with E-state index in [2.05, 4.69) is 0 Å². The molecule has 1 unspecified atom stereocenters. The number of rotatable bonds is 3. The summed E-state index contributed by atoms with van der Waals surface area (Å²) in [5, 5.41) is 1.28. The van der Waals surface area contributed by atoms with E-state index in [-0.39, 0.29) is 15.6 Å². The lowest BCUT2D eigenvalue weighted by Gasteiger charge is -1.98. The van der Waals surface area contributed by atoms with E-state index < -0.39 is 13.3 Å². The smallest absolute Gasteiger partial charge is 0.234 e. The summed E-state index contributed by atoms with van der Waals surface area (Å²) >= 11 is 17.6. The number of benzene rings is 2. The van der Waals surface area contributed by atoms with Crippen LogP contribution in [-0.4, -0.2) is 5.52 Å². The Morgan fingerprint density at radius 3 is 1.95 bits per heavy atom. The van der Waals surface area contributed by atoms with Crippen molar-refractivity contribution in [2.75, 3.05) is 0 Å². The molecule has 0 fully saturated rings. The Labute approximate surface area is 126 Å². The molecule has 0 saturated carbocycles. The maximum atomic E-state index is 12.2. The van der Waals surface area contributed by atoms with Crippen molar-refractivity contribution < 1.29 is 9.36 Å². The summed E-state index contributed by atoms with van der Waals surface area (Å²) in [7, 11) is -2.27. The van der Waals surface area contributed by atoms with E-state index in [1.54, 1.807) is 30.3 Å². The fourth-order valence-corrected chi connectivity index (χ4v) is 3.42. The van der Waals surface area contributed by atoms with Crippen LogP contribution in [0.2, 0.25) is 15.1 Å². The van der Waals surface area contributed by atoms with Crippen LogP contribution in [0.1, 0.15) is 10.4 Å². The number of hydrogen-bond acceptors (Lipinski definition) is 2. The molecule has 2 nitrogen and oxygen atoms in total. The molecule has 0 bridgehead atoms. The largest absolute Gasteiger partial charge is 0.458 e. The van der Waals surface area contributed by atoms with Gasteiger partial charge in [-0.25, -0.2) is 4.79 Å². The van der Waals surface area contributed by atoms with Crippen LogP contribution >= 0.6 is 42.6 Å². The van der Waals surface area contributed by atoms with Gasteiger partial charge in [0, 0.05) is 5.02 Å². The number of carbonyl (C=O) groups excluding carboxylic acids is 1. The van der Waals surface area contributed by atoms with Crippen LogP contribution in [-0.2, 0) is 4.57 Å². The summed E-state index contributed by atoms with van der Waals surface area (Å²) in [6.45, 7) is 0. The fraction of sp³-hybridized carbons (Fsp3) is 0. The molecule has 2 aromatic carbocycles. The van der Waals surface area contributed by atoms with Crippen molar-refractivity contribution in [3.05, 3.63) is 63.1 Å². The van der Waals surface area contributed by atoms with E-state index in [0.29, 0.717) is 10.3 Å². The average molecular weight is 333 g/mol. The minimum absolute atomic E-state index is 0.0851. The van der Waals surface area contributed by atoms with Crippen molar-refractivity contribution in [1.29, 1.82) is 0 Å². The summed E-state index contributed by atoms with van der Waals surface area (Å²) in [4.78, 5) is 12.2. The third-order valence-electron chi connectivity index (χ3n) is 2.42. The van der Waals surface area contributed by atoms with Gasteiger partial charge in [0.1, 0.15) is 5.56 Å². The molecule has 19 heavy (non-hydrogen) atoms. The number of carbonyl (C=O) groups is 1.